The Kier molecular flexibility index (Phi) is 5.36. The molecular formula is C14H19N2O3. The number of hydrogen-bond donors (Lipinski definition) is 2. The number of alkyl carbamates (subject to hydrolysis) is 1. The van der Waals surface area contributed by atoms with Gasteiger partial charge in [-0.1, -0.05) is 24.3 Å². The van der Waals surface area contributed by atoms with Crippen LogP contribution in [0.5, 0.6) is 0 Å². The van der Waals surface area contributed by atoms with Gasteiger partial charge in [-0.25, -0.2) is 4.79 Å². The van der Waals surface area contributed by atoms with Gasteiger partial charge in [0.25, 0.3) is 0 Å². The van der Waals surface area contributed by atoms with Crippen molar-refractivity contribution in [3.8, 4) is 0 Å². The van der Waals surface area contributed by atoms with Crippen LogP contribution < -0.4 is 10.6 Å². The lowest BCUT2D eigenvalue weighted by Crippen LogP contribution is -2.32. The fourth-order valence-corrected chi connectivity index (χ4v) is 1.40. The first-order valence-electron chi connectivity index (χ1n) is 6.05. The van der Waals surface area contributed by atoms with Crippen molar-refractivity contribution < 1.29 is 14.3 Å². The summed E-state index contributed by atoms with van der Waals surface area (Å²) < 4.78 is 5.13. The molecule has 0 aliphatic rings. The van der Waals surface area contributed by atoms with E-state index in [9.17, 15) is 9.59 Å². The molecule has 0 atom stereocenters. The lowest BCUT2D eigenvalue weighted by Gasteiger charge is -2.19. The molecule has 1 radical (unpaired) electrons. The van der Waals surface area contributed by atoms with E-state index in [4.69, 9.17) is 4.74 Å². The van der Waals surface area contributed by atoms with Gasteiger partial charge in [-0.2, -0.15) is 0 Å². The van der Waals surface area contributed by atoms with Gasteiger partial charge >= 0.3 is 12.5 Å². The van der Waals surface area contributed by atoms with Gasteiger partial charge in [0.15, 0.2) is 0 Å². The molecule has 0 saturated carbocycles. The van der Waals surface area contributed by atoms with Crippen LogP contribution in [0.15, 0.2) is 24.3 Å². The number of nitrogens with one attached hydrogen (secondary N) is 2. The SMILES string of the molecule is CC(C)(C)OC(=O)NCc1ccc(CN[C]=O)cc1. The molecule has 19 heavy (non-hydrogen) atoms. The van der Waals surface area contributed by atoms with Crippen LogP contribution in [0.2, 0.25) is 0 Å². The Labute approximate surface area is 113 Å². The molecule has 0 spiro atoms. The Balaban J connectivity index is 2.41. The Morgan fingerprint density at radius 2 is 1.68 bits per heavy atom. The van der Waals surface area contributed by atoms with E-state index in [2.05, 4.69) is 10.6 Å². The third-order valence-corrected chi connectivity index (χ3v) is 2.22. The van der Waals surface area contributed by atoms with E-state index < -0.39 is 11.7 Å². The quantitative estimate of drug-likeness (QED) is 0.797. The van der Waals surface area contributed by atoms with Crippen molar-refractivity contribution in [1.29, 1.82) is 0 Å². The summed E-state index contributed by atoms with van der Waals surface area (Å²) in [4.78, 5) is 21.5. The first-order valence-corrected chi connectivity index (χ1v) is 6.05. The Bertz CT molecular complexity index is 421. The smallest absolute Gasteiger partial charge is 0.407 e. The normalized spacial score (nSPS) is 10.7. The fraction of sp³-hybridized carbons (Fsp3) is 0.429. The van der Waals surface area contributed by atoms with Crippen LogP contribution in [0.3, 0.4) is 0 Å². The summed E-state index contributed by atoms with van der Waals surface area (Å²) in [7, 11) is 0. The number of rotatable bonds is 5. The van der Waals surface area contributed by atoms with E-state index in [-0.39, 0.29) is 0 Å². The second-order valence-corrected chi connectivity index (χ2v) is 5.13. The van der Waals surface area contributed by atoms with Crippen LogP contribution in [-0.2, 0) is 22.6 Å². The van der Waals surface area contributed by atoms with E-state index >= 15 is 0 Å². The minimum atomic E-state index is -0.495. The Morgan fingerprint density at radius 3 is 2.16 bits per heavy atom. The molecule has 5 nitrogen and oxygen atoms in total. The van der Waals surface area contributed by atoms with Crippen molar-refractivity contribution in [3.63, 3.8) is 0 Å². The molecule has 0 unspecified atom stereocenters. The predicted octanol–water partition coefficient (Wildman–Crippen LogP) is 1.87. The van der Waals surface area contributed by atoms with Crippen molar-refractivity contribution in [2.24, 2.45) is 0 Å². The number of carbonyl (C=O) groups excluding carboxylic acids is 2. The van der Waals surface area contributed by atoms with Crippen molar-refractivity contribution in [1.82, 2.24) is 10.6 Å². The largest absolute Gasteiger partial charge is 0.444 e. The third-order valence-electron chi connectivity index (χ3n) is 2.22. The monoisotopic (exact) mass is 263 g/mol. The van der Waals surface area contributed by atoms with Gasteiger partial charge in [0, 0.05) is 13.1 Å². The molecule has 103 valence electrons. The van der Waals surface area contributed by atoms with Crippen LogP contribution >= 0.6 is 0 Å². The molecule has 0 heterocycles. The van der Waals surface area contributed by atoms with E-state index in [1.807, 2.05) is 45.0 Å². The molecule has 5 heteroatoms. The zero-order valence-electron chi connectivity index (χ0n) is 11.4. The zero-order chi connectivity index (χ0) is 14.3. The summed E-state index contributed by atoms with van der Waals surface area (Å²) >= 11 is 0. The average molecular weight is 263 g/mol. The average Bonchev–Trinajstić information content (AvgIpc) is 2.33. The number of ether oxygens (including phenoxy) is 1. The van der Waals surface area contributed by atoms with Gasteiger partial charge in [0.2, 0.25) is 0 Å². The number of amides is 2. The predicted molar refractivity (Wildman–Crippen MR) is 72.0 cm³/mol. The van der Waals surface area contributed by atoms with Gasteiger partial charge in [0.05, 0.1) is 0 Å². The van der Waals surface area contributed by atoms with Crippen LogP contribution in [0.4, 0.5) is 4.79 Å². The number of benzene rings is 1. The molecule has 1 aromatic carbocycles. The van der Waals surface area contributed by atoms with E-state index in [1.165, 1.54) is 0 Å². The zero-order valence-corrected chi connectivity index (χ0v) is 11.4. The number of carbonyl (C=O) groups is 1. The van der Waals surface area contributed by atoms with Crippen molar-refractivity contribution in [3.05, 3.63) is 35.4 Å². The maximum atomic E-state index is 11.5. The van der Waals surface area contributed by atoms with E-state index in [0.29, 0.717) is 13.1 Å². The van der Waals surface area contributed by atoms with Gasteiger partial charge in [-0.05, 0) is 31.9 Å². The fourth-order valence-electron chi connectivity index (χ4n) is 1.40. The Hall–Kier alpha value is -2.04. The highest BCUT2D eigenvalue weighted by molar-refractivity contribution is 5.67. The standard InChI is InChI=1S/C14H19N2O3/c1-14(2,3)19-13(18)16-9-12-6-4-11(5-7-12)8-15-10-17/h4-7H,8-9H2,1-3H3,(H,15,17)(H,16,18). The maximum absolute atomic E-state index is 11.5. The molecule has 0 saturated heterocycles. The van der Waals surface area contributed by atoms with Crippen molar-refractivity contribution >= 4 is 12.5 Å². The highest BCUT2D eigenvalue weighted by Crippen LogP contribution is 2.07. The summed E-state index contributed by atoms with van der Waals surface area (Å²) in [6, 6.07) is 7.55. The highest BCUT2D eigenvalue weighted by atomic mass is 16.6. The molecular weight excluding hydrogens is 244 g/mol. The topological polar surface area (TPSA) is 67.4 Å². The first kappa shape index (κ1) is 15.0. The molecule has 2 N–H and O–H groups in total. The molecule has 0 bridgehead atoms. The van der Waals surface area contributed by atoms with Gasteiger partial charge in [0.1, 0.15) is 5.60 Å². The van der Waals surface area contributed by atoms with E-state index in [1.54, 1.807) is 6.41 Å². The number of hydrogen-bond acceptors (Lipinski definition) is 3. The minimum Gasteiger partial charge on any atom is -0.444 e. The summed E-state index contributed by atoms with van der Waals surface area (Å²) in [5.41, 5.74) is 1.44. The molecule has 1 rings (SSSR count). The molecule has 0 fully saturated rings. The summed E-state index contributed by atoms with van der Waals surface area (Å²) in [5.74, 6) is 0. The summed E-state index contributed by atoms with van der Waals surface area (Å²) in [6.45, 7) is 6.31. The van der Waals surface area contributed by atoms with Crippen molar-refractivity contribution in [2.45, 2.75) is 39.5 Å². The second-order valence-electron chi connectivity index (χ2n) is 5.13. The molecule has 2 amide bonds. The minimum absolute atomic E-state index is 0.405. The van der Waals surface area contributed by atoms with Crippen LogP contribution in [-0.4, -0.2) is 18.1 Å². The maximum Gasteiger partial charge on any atom is 0.407 e. The second kappa shape index (κ2) is 6.78. The van der Waals surface area contributed by atoms with Crippen LogP contribution in [0.25, 0.3) is 0 Å². The molecule has 0 aliphatic heterocycles. The van der Waals surface area contributed by atoms with Crippen LogP contribution in [0, 0.1) is 0 Å². The highest BCUT2D eigenvalue weighted by Gasteiger charge is 2.15. The van der Waals surface area contributed by atoms with Gasteiger partial charge in [-0.15, -0.1) is 0 Å². The Morgan fingerprint density at radius 1 is 1.16 bits per heavy atom. The summed E-state index contributed by atoms with van der Waals surface area (Å²) in [5, 5.41) is 5.14. The van der Waals surface area contributed by atoms with Gasteiger partial charge < -0.3 is 15.4 Å². The van der Waals surface area contributed by atoms with Gasteiger partial charge in [-0.3, -0.25) is 4.79 Å². The molecule has 0 aliphatic carbocycles. The van der Waals surface area contributed by atoms with Crippen molar-refractivity contribution in [2.75, 3.05) is 0 Å². The molecule has 1 aromatic rings. The molecule has 0 aromatic heterocycles. The third kappa shape index (κ3) is 6.45. The van der Waals surface area contributed by atoms with E-state index in [0.717, 1.165) is 11.1 Å². The summed E-state index contributed by atoms with van der Waals surface area (Å²) in [6.07, 6.45) is 1.18. The lowest BCUT2D eigenvalue weighted by atomic mass is 10.1. The first-order chi connectivity index (χ1) is 8.90. The lowest BCUT2D eigenvalue weighted by molar-refractivity contribution is 0.0523. The van der Waals surface area contributed by atoms with Crippen LogP contribution in [0.1, 0.15) is 31.9 Å².